The van der Waals surface area contributed by atoms with Crippen molar-refractivity contribution in [2.45, 2.75) is 12.8 Å². The molecule has 39 heavy (non-hydrogen) atoms. The summed E-state index contributed by atoms with van der Waals surface area (Å²) in [5.41, 5.74) is 3.56. The van der Waals surface area contributed by atoms with Crippen molar-refractivity contribution in [3.63, 3.8) is 0 Å². The number of anilines is 1. The number of halogens is 1. The highest BCUT2D eigenvalue weighted by Gasteiger charge is 2.26. The van der Waals surface area contributed by atoms with E-state index in [1.807, 2.05) is 30.5 Å². The second kappa shape index (κ2) is 13.0. The summed E-state index contributed by atoms with van der Waals surface area (Å²) in [5, 5.41) is 26.7. The number of hydrogen-bond acceptors (Lipinski definition) is 8. The predicted octanol–water partition coefficient (Wildman–Crippen LogP) is 4.20. The van der Waals surface area contributed by atoms with Crippen molar-refractivity contribution in [2.24, 2.45) is 0 Å². The molecule has 2 aromatic carbocycles. The van der Waals surface area contributed by atoms with E-state index in [9.17, 15) is 14.9 Å². The Morgan fingerprint density at radius 3 is 2.36 bits per heavy atom. The standard InChI is InChI=1S/C24H24ClN3O3.C4H4O4/c25-20-5-1-4-19-18(16-31-23(19)20)3-2-8-27-9-11-28(12-10-27)21-7-6-17(15-26)22-24(21)30-14-13-29-22;5-3(6)1-2-4(7)8/h1,4-7,16H,2-3,8-14H2;1-2H,(H,5,6)(H,7,8)/b;2-1+. The zero-order chi connectivity index (χ0) is 27.8. The first-order valence-corrected chi connectivity index (χ1v) is 12.8. The molecule has 0 aliphatic carbocycles. The van der Waals surface area contributed by atoms with E-state index in [1.54, 1.807) is 0 Å². The van der Waals surface area contributed by atoms with Gasteiger partial charge in [-0.25, -0.2) is 9.59 Å². The van der Waals surface area contributed by atoms with E-state index in [0.717, 1.165) is 62.2 Å². The number of carboxylic acids is 2. The number of rotatable bonds is 7. The summed E-state index contributed by atoms with van der Waals surface area (Å²) in [6, 6.07) is 11.9. The van der Waals surface area contributed by atoms with Crippen LogP contribution in [-0.4, -0.2) is 73.0 Å². The number of piperazine rings is 1. The largest absolute Gasteiger partial charge is 0.485 e. The van der Waals surface area contributed by atoms with Crippen molar-refractivity contribution in [1.29, 1.82) is 5.26 Å². The van der Waals surface area contributed by atoms with Crippen LogP contribution in [0.5, 0.6) is 11.5 Å². The molecule has 0 saturated carbocycles. The van der Waals surface area contributed by atoms with Crippen LogP contribution in [0.2, 0.25) is 5.02 Å². The summed E-state index contributed by atoms with van der Waals surface area (Å²) in [4.78, 5) is 23.9. The van der Waals surface area contributed by atoms with Gasteiger partial charge in [-0.05, 0) is 43.1 Å². The summed E-state index contributed by atoms with van der Waals surface area (Å²) in [6.07, 6.45) is 5.00. The van der Waals surface area contributed by atoms with Gasteiger partial charge in [0, 0.05) is 43.7 Å². The molecular formula is C28H28ClN3O7. The molecule has 0 amide bonds. The van der Waals surface area contributed by atoms with Gasteiger partial charge in [0.05, 0.1) is 22.5 Å². The number of para-hydroxylation sites is 1. The number of aliphatic carboxylic acids is 2. The van der Waals surface area contributed by atoms with Gasteiger partial charge in [-0.3, -0.25) is 4.90 Å². The minimum absolute atomic E-state index is 0.483. The topological polar surface area (TPSA) is 136 Å². The molecule has 204 valence electrons. The number of nitrogens with zero attached hydrogens (tertiary/aromatic N) is 3. The van der Waals surface area contributed by atoms with Gasteiger partial charge in [0.25, 0.3) is 0 Å². The molecule has 0 radical (unpaired) electrons. The molecule has 1 fully saturated rings. The lowest BCUT2D eigenvalue weighted by molar-refractivity contribution is -0.134. The fourth-order valence-corrected chi connectivity index (χ4v) is 4.80. The molecule has 5 rings (SSSR count). The fourth-order valence-electron chi connectivity index (χ4n) is 4.58. The maximum Gasteiger partial charge on any atom is 0.328 e. The highest BCUT2D eigenvalue weighted by molar-refractivity contribution is 6.34. The Balaban J connectivity index is 0.000000386. The lowest BCUT2D eigenvalue weighted by Gasteiger charge is -2.37. The van der Waals surface area contributed by atoms with Gasteiger partial charge < -0.3 is 29.0 Å². The molecule has 1 saturated heterocycles. The molecule has 3 heterocycles. The molecule has 11 heteroatoms. The van der Waals surface area contributed by atoms with Crippen LogP contribution in [0.3, 0.4) is 0 Å². The van der Waals surface area contributed by atoms with Crippen LogP contribution in [0.1, 0.15) is 17.5 Å². The minimum atomic E-state index is -1.26. The summed E-state index contributed by atoms with van der Waals surface area (Å²) >= 11 is 6.21. The molecular weight excluding hydrogens is 526 g/mol. The third-order valence-electron chi connectivity index (χ3n) is 6.42. The second-order valence-electron chi connectivity index (χ2n) is 8.92. The van der Waals surface area contributed by atoms with Crippen LogP contribution in [0.25, 0.3) is 11.0 Å². The Kier molecular flexibility index (Phi) is 9.31. The average Bonchev–Trinajstić information content (AvgIpc) is 3.36. The van der Waals surface area contributed by atoms with E-state index in [4.69, 9.17) is 35.7 Å². The van der Waals surface area contributed by atoms with E-state index < -0.39 is 11.9 Å². The number of ether oxygens (including phenoxy) is 2. The SMILES string of the molecule is N#Cc1ccc(N2CCN(CCCc3coc4c(Cl)cccc34)CC2)c2c1OCCO2.O=C(O)/C=C/C(=O)O. The lowest BCUT2D eigenvalue weighted by Crippen LogP contribution is -2.46. The second-order valence-corrected chi connectivity index (χ2v) is 9.33. The van der Waals surface area contributed by atoms with Gasteiger partial charge in [0.15, 0.2) is 17.1 Å². The summed E-state index contributed by atoms with van der Waals surface area (Å²) in [6.45, 7) is 5.88. The molecule has 0 atom stereocenters. The smallest absolute Gasteiger partial charge is 0.328 e. The van der Waals surface area contributed by atoms with Crippen LogP contribution < -0.4 is 14.4 Å². The van der Waals surface area contributed by atoms with Crippen LogP contribution in [0.15, 0.2) is 53.2 Å². The van der Waals surface area contributed by atoms with E-state index in [2.05, 4.69) is 21.9 Å². The lowest BCUT2D eigenvalue weighted by atomic mass is 10.1. The summed E-state index contributed by atoms with van der Waals surface area (Å²) in [7, 11) is 0. The van der Waals surface area contributed by atoms with E-state index in [1.165, 1.54) is 5.56 Å². The van der Waals surface area contributed by atoms with E-state index >= 15 is 0 Å². The Bertz CT molecular complexity index is 1390. The third kappa shape index (κ3) is 7.02. The Hall–Kier alpha value is -4.20. The summed E-state index contributed by atoms with van der Waals surface area (Å²) < 4.78 is 17.3. The third-order valence-corrected chi connectivity index (χ3v) is 6.72. The highest BCUT2D eigenvalue weighted by atomic mass is 35.5. The van der Waals surface area contributed by atoms with Crippen LogP contribution >= 0.6 is 11.6 Å². The van der Waals surface area contributed by atoms with Crippen molar-refractivity contribution in [2.75, 3.05) is 50.8 Å². The van der Waals surface area contributed by atoms with Crippen LogP contribution in [0.4, 0.5) is 5.69 Å². The van der Waals surface area contributed by atoms with E-state index in [0.29, 0.717) is 47.5 Å². The summed E-state index contributed by atoms with van der Waals surface area (Å²) in [5.74, 6) is -1.22. The molecule has 3 aromatic rings. The number of carbonyl (C=O) groups is 2. The molecule has 10 nitrogen and oxygen atoms in total. The fraction of sp³-hybridized carbons (Fsp3) is 0.321. The first-order chi connectivity index (χ1) is 18.9. The molecule has 2 N–H and O–H groups in total. The number of nitriles is 1. The quantitative estimate of drug-likeness (QED) is 0.410. The van der Waals surface area contributed by atoms with Gasteiger partial charge in [0.1, 0.15) is 19.3 Å². The molecule has 2 aliphatic heterocycles. The molecule has 0 unspecified atom stereocenters. The zero-order valence-electron chi connectivity index (χ0n) is 21.1. The zero-order valence-corrected chi connectivity index (χ0v) is 21.9. The van der Waals surface area contributed by atoms with Crippen molar-refractivity contribution in [1.82, 2.24) is 4.90 Å². The van der Waals surface area contributed by atoms with Crippen molar-refractivity contribution < 1.29 is 33.7 Å². The molecule has 2 aliphatic rings. The minimum Gasteiger partial charge on any atom is -0.485 e. The first kappa shape index (κ1) is 27.8. The van der Waals surface area contributed by atoms with Gasteiger partial charge in [-0.2, -0.15) is 5.26 Å². The van der Waals surface area contributed by atoms with Gasteiger partial charge in [0.2, 0.25) is 0 Å². The van der Waals surface area contributed by atoms with Crippen LogP contribution in [0, 0.1) is 11.3 Å². The Morgan fingerprint density at radius 2 is 1.69 bits per heavy atom. The maximum atomic E-state index is 9.55. The van der Waals surface area contributed by atoms with Gasteiger partial charge in [-0.15, -0.1) is 0 Å². The number of aryl methyl sites for hydroxylation is 1. The molecule has 1 aromatic heterocycles. The normalized spacial score (nSPS) is 15.0. The monoisotopic (exact) mass is 553 g/mol. The maximum absolute atomic E-state index is 9.55. The number of hydrogen-bond donors (Lipinski definition) is 2. The number of benzene rings is 2. The van der Waals surface area contributed by atoms with Crippen LogP contribution in [-0.2, 0) is 16.0 Å². The van der Waals surface area contributed by atoms with Crippen molar-refractivity contribution >= 4 is 40.2 Å². The van der Waals surface area contributed by atoms with Crippen molar-refractivity contribution in [3.05, 3.63) is 64.9 Å². The van der Waals surface area contributed by atoms with Crippen molar-refractivity contribution in [3.8, 4) is 17.6 Å². The van der Waals surface area contributed by atoms with E-state index in [-0.39, 0.29) is 0 Å². The number of furan rings is 1. The first-order valence-electron chi connectivity index (χ1n) is 12.5. The molecule has 0 bridgehead atoms. The van der Waals surface area contributed by atoms with Gasteiger partial charge in [-0.1, -0.05) is 23.7 Å². The highest BCUT2D eigenvalue weighted by Crippen LogP contribution is 2.42. The predicted molar refractivity (Wildman–Crippen MR) is 145 cm³/mol. The number of carboxylic acid groups (broad SMARTS) is 2. The Labute approximate surface area is 230 Å². The Morgan fingerprint density at radius 1 is 1.00 bits per heavy atom. The number of fused-ring (bicyclic) bond motifs is 2. The molecule has 0 spiro atoms. The van der Waals surface area contributed by atoms with Gasteiger partial charge >= 0.3 is 11.9 Å². The average molecular weight is 554 g/mol.